The van der Waals surface area contributed by atoms with E-state index in [4.69, 9.17) is 5.73 Å². The zero-order chi connectivity index (χ0) is 38.2. The van der Waals surface area contributed by atoms with Gasteiger partial charge in [0.2, 0.25) is 17.7 Å². The Bertz CT molecular complexity index is 2120. The van der Waals surface area contributed by atoms with Crippen LogP contribution in [0.1, 0.15) is 58.4 Å². The fraction of sp³-hybridized carbons (Fsp3) is 0.400. The van der Waals surface area contributed by atoms with Crippen molar-refractivity contribution in [2.75, 3.05) is 26.4 Å². The molecule has 6 rings (SSSR count). The van der Waals surface area contributed by atoms with E-state index in [1.165, 1.54) is 35.2 Å². The van der Waals surface area contributed by atoms with Crippen LogP contribution in [0.15, 0.2) is 47.8 Å². The first kappa shape index (κ1) is 38.5. The minimum Gasteiger partial charge on any atom is -0.370 e. The van der Waals surface area contributed by atoms with E-state index < -0.39 is 71.8 Å². The number of carbonyl (C=O) groups is 4. The van der Waals surface area contributed by atoms with Crippen LogP contribution in [0.5, 0.6) is 0 Å². The van der Waals surface area contributed by atoms with E-state index in [1.807, 2.05) is 0 Å². The van der Waals surface area contributed by atoms with Crippen LogP contribution in [0.3, 0.4) is 0 Å². The molecule has 4 amide bonds. The molecule has 53 heavy (non-hydrogen) atoms. The molecule has 11 nitrogen and oxygen atoms in total. The molecule has 2 saturated heterocycles. The molecule has 2 aromatic carbocycles. The topological polar surface area (TPSA) is 164 Å². The Morgan fingerprint density at radius 1 is 1.09 bits per heavy atom. The van der Waals surface area contributed by atoms with Gasteiger partial charge in [0.15, 0.2) is 18.8 Å². The highest BCUT2D eigenvalue weighted by Crippen LogP contribution is 2.60. The van der Waals surface area contributed by atoms with Crippen LogP contribution in [0.2, 0.25) is 0 Å². The molecule has 4 heterocycles. The van der Waals surface area contributed by atoms with Crippen molar-refractivity contribution in [2.45, 2.75) is 61.9 Å². The summed E-state index contributed by atoms with van der Waals surface area (Å²) < 4.78 is 69.9. The number of alkyl halides is 2. The average Bonchev–Trinajstić information content (AvgIpc) is 3.86. The molecule has 0 saturated carbocycles. The number of thiazole rings is 1. The number of nitrogens with one attached hydrogen (secondary N) is 3. The van der Waals surface area contributed by atoms with Gasteiger partial charge in [-0.1, -0.05) is 6.07 Å². The second kappa shape index (κ2) is 15.3. The number of thiophene rings is 1. The van der Waals surface area contributed by atoms with Gasteiger partial charge in [0, 0.05) is 40.2 Å². The van der Waals surface area contributed by atoms with Crippen molar-refractivity contribution in [3.63, 3.8) is 0 Å². The van der Waals surface area contributed by atoms with Gasteiger partial charge in [0.25, 0.3) is 5.91 Å². The lowest BCUT2D eigenvalue weighted by atomic mass is 10.1. The first-order chi connectivity index (χ1) is 25.0. The zero-order valence-electron chi connectivity index (χ0n) is 28.7. The summed E-state index contributed by atoms with van der Waals surface area (Å²) in [5.41, 5.74) is 2.12. The van der Waals surface area contributed by atoms with Gasteiger partial charge in [-0.15, -0.1) is 22.7 Å². The van der Waals surface area contributed by atoms with E-state index in [9.17, 15) is 41.3 Å². The highest BCUT2D eigenvalue weighted by molar-refractivity contribution is 7.63. The van der Waals surface area contributed by atoms with Crippen LogP contribution < -0.4 is 21.7 Å². The van der Waals surface area contributed by atoms with Gasteiger partial charge in [-0.05, 0) is 87.3 Å². The lowest BCUT2D eigenvalue weighted by Crippen LogP contribution is -2.60. The Hall–Kier alpha value is -4.18. The number of primary amides is 1. The summed E-state index contributed by atoms with van der Waals surface area (Å²) in [7, 11) is -3.82. The highest BCUT2D eigenvalue weighted by Gasteiger charge is 2.46. The van der Waals surface area contributed by atoms with Crippen molar-refractivity contribution in [1.29, 1.82) is 0 Å². The van der Waals surface area contributed by atoms with Crippen molar-refractivity contribution in [1.82, 2.24) is 25.8 Å². The molecule has 2 aliphatic rings. The number of halogens is 4. The number of fused-ring (bicyclic) bond motifs is 2. The fourth-order valence-electron chi connectivity index (χ4n) is 6.58. The summed E-state index contributed by atoms with van der Waals surface area (Å²) in [6, 6.07) is 5.64. The van der Waals surface area contributed by atoms with E-state index >= 15 is 0 Å². The Morgan fingerprint density at radius 3 is 2.58 bits per heavy atom. The van der Waals surface area contributed by atoms with Crippen LogP contribution in [0.4, 0.5) is 17.6 Å². The minimum atomic E-state index is -3.82. The van der Waals surface area contributed by atoms with Gasteiger partial charge in [0.1, 0.15) is 17.1 Å². The maximum Gasteiger partial charge on any atom is 0.322 e. The second-order valence-electron chi connectivity index (χ2n) is 13.5. The van der Waals surface area contributed by atoms with Gasteiger partial charge in [-0.3, -0.25) is 19.2 Å². The van der Waals surface area contributed by atoms with Crippen LogP contribution in [-0.2, 0) is 24.6 Å². The molecule has 2 fully saturated rings. The standard InChI is InChI=1S/C35H37F4N6O5PS2/c1-51(2,50)35(38,39)20-4-9-28-19(13-20)15-29(53-28)32(48)43-25-16-41-12-11-21-5-8-27(45(21)34(25)49)31(47)42-24(7-10-30(40)46)33-44-26(17-52-33)18-3-6-22(36)23(37)14-18/h3-4,6,9,13-15,17,21,24-25,27,41H,5,7-8,10-12,16H2,1-2H3,(H2,40,46)(H,42,47)(H,43,48)/t21-,24+,25+,27+/m1/s1. The molecule has 4 atom stereocenters. The Morgan fingerprint density at radius 2 is 1.87 bits per heavy atom. The van der Waals surface area contributed by atoms with Gasteiger partial charge < -0.3 is 31.1 Å². The number of hydrogen-bond donors (Lipinski definition) is 4. The molecule has 0 unspecified atom stereocenters. The zero-order valence-corrected chi connectivity index (χ0v) is 31.2. The molecular weight excluding hydrogens is 756 g/mol. The molecule has 0 radical (unpaired) electrons. The van der Waals surface area contributed by atoms with E-state index in [1.54, 1.807) is 5.38 Å². The summed E-state index contributed by atoms with van der Waals surface area (Å²) in [6.07, 6.45) is 1.46. The smallest absolute Gasteiger partial charge is 0.322 e. The van der Waals surface area contributed by atoms with E-state index in [0.717, 1.165) is 48.1 Å². The maximum absolute atomic E-state index is 14.8. The predicted molar refractivity (Wildman–Crippen MR) is 194 cm³/mol. The van der Waals surface area contributed by atoms with Crippen molar-refractivity contribution in [2.24, 2.45) is 5.73 Å². The van der Waals surface area contributed by atoms with Crippen molar-refractivity contribution >= 4 is 63.5 Å². The molecule has 282 valence electrons. The lowest BCUT2D eigenvalue weighted by molar-refractivity contribution is -0.142. The van der Waals surface area contributed by atoms with Gasteiger partial charge in [-0.2, -0.15) is 8.78 Å². The number of amides is 4. The number of rotatable bonds is 11. The van der Waals surface area contributed by atoms with Crippen LogP contribution in [-0.4, -0.2) is 78.1 Å². The Kier molecular flexibility index (Phi) is 11.1. The lowest BCUT2D eigenvalue weighted by Gasteiger charge is -2.35. The summed E-state index contributed by atoms with van der Waals surface area (Å²) in [5, 5.41) is 11.3. The number of benzene rings is 2. The maximum atomic E-state index is 14.8. The number of carbonyl (C=O) groups excluding carboxylic acids is 4. The number of nitrogens with two attached hydrogens (primary N) is 1. The van der Waals surface area contributed by atoms with E-state index in [2.05, 4.69) is 20.9 Å². The van der Waals surface area contributed by atoms with Gasteiger partial charge in [-0.25, -0.2) is 13.8 Å². The molecule has 5 N–H and O–H groups in total. The molecule has 18 heteroatoms. The van der Waals surface area contributed by atoms with E-state index in [-0.39, 0.29) is 30.3 Å². The SMILES string of the molecule is CP(C)(=O)C(F)(F)c1ccc2sc(C(=O)N[C@H]3CNCC[C@H]4CC[C@@H](C(=O)N[C@@H](CCC(N)=O)c5nc(-c6ccc(F)c(F)c6)cs5)N4C3=O)cc2c1. The molecule has 0 bridgehead atoms. The fourth-order valence-corrected chi connectivity index (χ4v) is 9.20. The van der Waals surface area contributed by atoms with Crippen molar-refractivity contribution in [3.05, 3.63) is 74.9 Å². The monoisotopic (exact) mass is 792 g/mol. The first-order valence-corrected chi connectivity index (χ1v) is 21.1. The van der Waals surface area contributed by atoms with Crippen molar-refractivity contribution in [3.8, 4) is 11.3 Å². The third kappa shape index (κ3) is 8.17. The average molecular weight is 793 g/mol. The molecule has 2 aromatic heterocycles. The molecule has 0 aliphatic carbocycles. The molecule has 4 aromatic rings. The Balaban J connectivity index is 1.19. The van der Waals surface area contributed by atoms with Crippen LogP contribution >= 0.6 is 29.8 Å². The summed E-state index contributed by atoms with van der Waals surface area (Å²) >= 11 is 2.22. The minimum absolute atomic E-state index is 0.0821. The highest BCUT2D eigenvalue weighted by atomic mass is 32.1. The summed E-state index contributed by atoms with van der Waals surface area (Å²) in [6.45, 7) is 2.63. The van der Waals surface area contributed by atoms with Crippen LogP contribution in [0.25, 0.3) is 21.3 Å². The number of aromatic nitrogens is 1. The largest absolute Gasteiger partial charge is 0.370 e. The third-order valence-corrected chi connectivity index (χ3v) is 13.1. The molecule has 0 spiro atoms. The normalized spacial score (nSPS) is 20.1. The molecule has 2 aliphatic heterocycles. The quantitative estimate of drug-likeness (QED) is 0.114. The van der Waals surface area contributed by atoms with Gasteiger partial charge >= 0.3 is 5.66 Å². The van der Waals surface area contributed by atoms with Gasteiger partial charge in [0.05, 0.1) is 16.6 Å². The summed E-state index contributed by atoms with van der Waals surface area (Å²) in [5.74, 6) is -4.20. The predicted octanol–water partition coefficient (Wildman–Crippen LogP) is 5.55. The second-order valence-corrected chi connectivity index (χ2v) is 18.8. The number of hydrogen-bond acceptors (Lipinski definition) is 9. The molecular formula is C35H37F4N6O5PS2. The third-order valence-electron chi connectivity index (χ3n) is 9.46. The first-order valence-electron chi connectivity index (χ1n) is 16.8. The Labute approximate surface area is 310 Å². The van der Waals surface area contributed by atoms with Crippen LogP contribution in [0, 0.1) is 11.6 Å². The summed E-state index contributed by atoms with van der Waals surface area (Å²) in [4.78, 5) is 59.5. The van der Waals surface area contributed by atoms with E-state index in [0.29, 0.717) is 52.2 Å². The number of nitrogens with zero attached hydrogens (tertiary/aromatic N) is 2. The van der Waals surface area contributed by atoms with Crippen molar-refractivity contribution < 1.29 is 41.3 Å².